The molecule has 190 valence electrons. The molecule has 0 amide bonds. The summed E-state index contributed by atoms with van der Waals surface area (Å²) in [7, 11) is 0. The first-order valence-electron chi connectivity index (χ1n) is 14.6. The average molecular weight is 463 g/mol. The van der Waals surface area contributed by atoms with Crippen LogP contribution in [0.2, 0.25) is 0 Å². The molecule has 0 aromatic carbocycles. The highest BCUT2D eigenvalue weighted by Crippen LogP contribution is 2.65. The highest BCUT2D eigenvalue weighted by molar-refractivity contribution is 5.18. The SMILES string of the molecule is CC(C)=CC1CC(C=C(C)C)C2C(C)C([C@H]3CC4C(C=C(C)C)CC(C=C(C)C)C4C3C)CC12. The maximum atomic E-state index is 2.66. The fourth-order valence-electron chi connectivity index (χ4n) is 9.93. The topological polar surface area (TPSA) is 0 Å². The van der Waals surface area contributed by atoms with Gasteiger partial charge in [-0.3, -0.25) is 0 Å². The number of fused-ring (bicyclic) bond motifs is 2. The molecule has 0 spiro atoms. The minimum Gasteiger partial charge on any atom is -0.0825 e. The number of hydrogen-bond donors (Lipinski definition) is 0. The lowest BCUT2D eigenvalue weighted by Crippen LogP contribution is -2.27. The molecule has 0 radical (unpaired) electrons. The van der Waals surface area contributed by atoms with E-state index in [1.54, 1.807) is 0 Å². The second-order valence-electron chi connectivity index (χ2n) is 14.1. The summed E-state index contributed by atoms with van der Waals surface area (Å²) in [6.45, 7) is 23.8. The van der Waals surface area contributed by atoms with Gasteiger partial charge >= 0.3 is 0 Å². The lowest BCUT2D eigenvalue weighted by atomic mass is 9.72. The molecule has 12 atom stereocenters. The van der Waals surface area contributed by atoms with Crippen molar-refractivity contribution in [2.24, 2.45) is 71.0 Å². The molecule has 0 heterocycles. The molecule has 4 rings (SSSR count). The van der Waals surface area contributed by atoms with Gasteiger partial charge in [-0.2, -0.15) is 0 Å². The summed E-state index contributed by atoms with van der Waals surface area (Å²) in [5, 5.41) is 0. The minimum atomic E-state index is 0.795. The van der Waals surface area contributed by atoms with Gasteiger partial charge in [0.05, 0.1) is 0 Å². The summed E-state index contributed by atoms with van der Waals surface area (Å²) in [5.74, 6) is 10.4. The number of hydrogen-bond acceptors (Lipinski definition) is 0. The van der Waals surface area contributed by atoms with Crippen LogP contribution in [0, 0.1) is 71.0 Å². The lowest BCUT2D eigenvalue weighted by molar-refractivity contribution is 0.168. The molecule has 4 fully saturated rings. The third-order valence-electron chi connectivity index (χ3n) is 10.6. The van der Waals surface area contributed by atoms with Crippen molar-refractivity contribution in [2.75, 3.05) is 0 Å². The molecular weight excluding hydrogens is 408 g/mol. The number of rotatable bonds is 5. The molecule has 0 aromatic rings. The van der Waals surface area contributed by atoms with Crippen molar-refractivity contribution in [1.29, 1.82) is 0 Å². The Bertz CT molecular complexity index is 776. The Morgan fingerprint density at radius 1 is 0.412 bits per heavy atom. The molecule has 0 saturated heterocycles. The minimum absolute atomic E-state index is 0.795. The zero-order chi connectivity index (χ0) is 24.9. The van der Waals surface area contributed by atoms with E-state index in [2.05, 4.69) is 93.5 Å². The van der Waals surface area contributed by atoms with E-state index in [1.807, 2.05) is 0 Å². The van der Waals surface area contributed by atoms with Crippen LogP contribution >= 0.6 is 0 Å². The van der Waals surface area contributed by atoms with Crippen LogP contribution in [0.25, 0.3) is 0 Å². The van der Waals surface area contributed by atoms with Crippen LogP contribution in [0.5, 0.6) is 0 Å². The first-order chi connectivity index (χ1) is 16.0. The highest BCUT2D eigenvalue weighted by Gasteiger charge is 2.58. The largest absolute Gasteiger partial charge is 0.0825 e. The van der Waals surface area contributed by atoms with Crippen molar-refractivity contribution < 1.29 is 0 Å². The molecule has 4 saturated carbocycles. The highest BCUT2D eigenvalue weighted by atomic mass is 14.6. The normalized spacial score (nSPS) is 44.9. The predicted molar refractivity (Wildman–Crippen MR) is 149 cm³/mol. The van der Waals surface area contributed by atoms with Crippen molar-refractivity contribution in [2.45, 2.75) is 94.9 Å². The van der Waals surface area contributed by atoms with Gasteiger partial charge in [0.2, 0.25) is 0 Å². The van der Waals surface area contributed by atoms with E-state index >= 15 is 0 Å². The first kappa shape index (κ1) is 26.0. The van der Waals surface area contributed by atoms with Crippen LogP contribution < -0.4 is 0 Å². The quantitative estimate of drug-likeness (QED) is 0.356. The van der Waals surface area contributed by atoms with E-state index in [-0.39, 0.29) is 0 Å². The smallest absolute Gasteiger partial charge is 0.0191 e. The second kappa shape index (κ2) is 10.1. The van der Waals surface area contributed by atoms with Crippen LogP contribution in [-0.2, 0) is 0 Å². The number of allylic oxidation sites excluding steroid dienone is 8. The van der Waals surface area contributed by atoms with Gasteiger partial charge in [0, 0.05) is 0 Å². The van der Waals surface area contributed by atoms with Crippen LogP contribution in [0.3, 0.4) is 0 Å². The first-order valence-corrected chi connectivity index (χ1v) is 14.6. The molecule has 0 bridgehead atoms. The van der Waals surface area contributed by atoms with E-state index in [1.165, 1.54) is 48.0 Å². The molecule has 0 N–H and O–H groups in total. The second-order valence-corrected chi connectivity index (χ2v) is 14.1. The summed E-state index contributed by atoms with van der Waals surface area (Å²) < 4.78 is 0. The van der Waals surface area contributed by atoms with E-state index < -0.39 is 0 Å². The third-order valence-corrected chi connectivity index (χ3v) is 10.6. The van der Waals surface area contributed by atoms with Gasteiger partial charge in [0.15, 0.2) is 0 Å². The fourth-order valence-corrected chi connectivity index (χ4v) is 9.93. The summed E-state index contributed by atoms with van der Waals surface area (Å²) >= 11 is 0. The summed E-state index contributed by atoms with van der Waals surface area (Å²) in [5.41, 5.74) is 6.09. The van der Waals surface area contributed by atoms with Crippen LogP contribution in [0.4, 0.5) is 0 Å². The van der Waals surface area contributed by atoms with Crippen molar-refractivity contribution in [3.63, 3.8) is 0 Å². The van der Waals surface area contributed by atoms with E-state index in [9.17, 15) is 0 Å². The van der Waals surface area contributed by atoms with Crippen LogP contribution in [0.1, 0.15) is 94.9 Å². The van der Waals surface area contributed by atoms with Crippen LogP contribution in [0.15, 0.2) is 46.6 Å². The van der Waals surface area contributed by atoms with Crippen molar-refractivity contribution >= 4 is 0 Å². The van der Waals surface area contributed by atoms with Gasteiger partial charge in [-0.25, -0.2) is 0 Å². The Hall–Kier alpha value is -1.04. The van der Waals surface area contributed by atoms with Crippen molar-refractivity contribution in [3.05, 3.63) is 46.6 Å². The summed E-state index contributed by atoms with van der Waals surface area (Å²) in [4.78, 5) is 0. The van der Waals surface area contributed by atoms with E-state index in [0.717, 1.165) is 71.0 Å². The maximum Gasteiger partial charge on any atom is -0.0191 e. The van der Waals surface area contributed by atoms with Gasteiger partial charge in [-0.1, -0.05) is 60.4 Å². The Morgan fingerprint density at radius 2 is 0.706 bits per heavy atom. The van der Waals surface area contributed by atoms with Crippen LogP contribution in [-0.4, -0.2) is 0 Å². The Kier molecular flexibility index (Phi) is 7.77. The average Bonchev–Trinajstić information content (AvgIpc) is 3.39. The van der Waals surface area contributed by atoms with E-state index in [0.29, 0.717) is 0 Å². The van der Waals surface area contributed by atoms with E-state index in [4.69, 9.17) is 0 Å². The molecule has 34 heavy (non-hydrogen) atoms. The predicted octanol–water partition coefficient (Wildman–Crippen LogP) is 9.90. The maximum absolute atomic E-state index is 2.66. The van der Waals surface area contributed by atoms with Crippen molar-refractivity contribution in [1.82, 2.24) is 0 Å². The van der Waals surface area contributed by atoms with Gasteiger partial charge < -0.3 is 0 Å². The molecular formula is C34H54. The van der Waals surface area contributed by atoms with Gasteiger partial charge in [-0.05, 0) is 152 Å². The third kappa shape index (κ3) is 4.95. The summed E-state index contributed by atoms with van der Waals surface area (Å²) in [6.07, 6.45) is 16.3. The monoisotopic (exact) mass is 462 g/mol. The Labute approximate surface area is 212 Å². The van der Waals surface area contributed by atoms with Crippen molar-refractivity contribution in [3.8, 4) is 0 Å². The molecule has 0 aromatic heterocycles. The summed E-state index contributed by atoms with van der Waals surface area (Å²) in [6, 6.07) is 0. The molecule has 4 aliphatic rings. The Balaban J connectivity index is 1.61. The molecule has 0 nitrogen and oxygen atoms in total. The molecule has 0 aliphatic heterocycles. The standard InChI is InChI=1S/C34H54/c1-19(2)11-25-15-27(13-21(5)6)33-23(9)29(17-31(25)33)30-18-32-26(12-20(3)4)16-28(14-22(7)8)34(32)24(30)10/h11-14,23-34H,15-18H2,1-10H3/t23?,24?,25?,26?,27?,28?,29-,30?,31?,32?,33?,34?/m0/s1. The Morgan fingerprint density at radius 3 is 1.00 bits per heavy atom. The molecule has 11 unspecified atom stereocenters. The molecule has 0 heteroatoms. The zero-order valence-corrected chi connectivity index (χ0v) is 24.1. The lowest BCUT2D eigenvalue weighted by Gasteiger charge is -2.33. The zero-order valence-electron chi connectivity index (χ0n) is 24.1. The van der Waals surface area contributed by atoms with Gasteiger partial charge in [0.1, 0.15) is 0 Å². The molecule has 4 aliphatic carbocycles. The van der Waals surface area contributed by atoms with Gasteiger partial charge in [-0.15, -0.1) is 0 Å². The fraction of sp³-hybridized carbons (Fsp3) is 0.765. The van der Waals surface area contributed by atoms with Gasteiger partial charge in [0.25, 0.3) is 0 Å².